The maximum Gasteiger partial charge on any atom is 0.225 e. The molecule has 0 atom stereocenters. The van der Waals surface area contributed by atoms with E-state index in [1.54, 1.807) is 0 Å². The molecule has 2 aromatic rings. The minimum absolute atomic E-state index is 0.0495. The summed E-state index contributed by atoms with van der Waals surface area (Å²) >= 11 is 0. The third-order valence-corrected chi connectivity index (χ3v) is 7.78. The number of carbonyl (C=O) groups excluding carboxylic acids is 2. The summed E-state index contributed by atoms with van der Waals surface area (Å²) in [6.45, 7) is 0. The van der Waals surface area contributed by atoms with Crippen LogP contribution in [0.25, 0.3) is 0 Å². The lowest BCUT2D eigenvalue weighted by molar-refractivity contribution is -0.142. The first kappa shape index (κ1) is 22.9. The van der Waals surface area contributed by atoms with Crippen molar-refractivity contribution >= 4 is 23.2 Å². The lowest BCUT2D eigenvalue weighted by Gasteiger charge is -2.62. The fraction of sp³-hybridized carbons (Fsp3) is 0.462. The highest BCUT2D eigenvalue weighted by Gasteiger charge is 2.58. The molecule has 180 valence electrons. The summed E-state index contributed by atoms with van der Waals surface area (Å²) in [5.41, 5.74) is -0.642. The van der Waals surface area contributed by atoms with Crippen LogP contribution in [0.1, 0.15) is 51.4 Å². The number of carbonyl (C=O) groups is 2. The van der Waals surface area contributed by atoms with E-state index in [4.69, 9.17) is 0 Å². The summed E-state index contributed by atoms with van der Waals surface area (Å²) in [4.78, 5) is 25.7. The average Bonchev–Trinajstić information content (AvgIpc) is 2.70. The van der Waals surface area contributed by atoms with Crippen LogP contribution >= 0.6 is 0 Å². The molecular weight excluding hydrogens is 448 g/mol. The molecule has 2 N–H and O–H groups in total. The molecular formula is C26H26F4N2O2. The molecule has 4 saturated carbocycles. The van der Waals surface area contributed by atoms with Crippen molar-refractivity contribution in [2.75, 3.05) is 10.6 Å². The Labute approximate surface area is 195 Å². The maximum absolute atomic E-state index is 14.0. The zero-order chi connectivity index (χ0) is 24.1. The van der Waals surface area contributed by atoms with Crippen LogP contribution in [0.15, 0.2) is 36.4 Å². The van der Waals surface area contributed by atoms with Gasteiger partial charge in [0.05, 0.1) is 11.4 Å². The fourth-order valence-electron chi connectivity index (χ4n) is 7.31. The predicted molar refractivity (Wildman–Crippen MR) is 119 cm³/mol. The van der Waals surface area contributed by atoms with Crippen LogP contribution in [0.5, 0.6) is 0 Å². The Kier molecular flexibility index (Phi) is 5.65. The molecule has 4 aliphatic rings. The van der Waals surface area contributed by atoms with Crippen LogP contribution in [-0.2, 0) is 9.59 Å². The minimum atomic E-state index is -0.819. The normalized spacial score (nSPS) is 29.2. The Morgan fingerprint density at radius 1 is 0.735 bits per heavy atom. The number of hydrogen-bond donors (Lipinski definition) is 2. The first-order chi connectivity index (χ1) is 16.1. The van der Waals surface area contributed by atoms with E-state index in [0.717, 1.165) is 56.4 Å². The van der Waals surface area contributed by atoms with E-state index in [2.05, 4.69) is 10.6 Å². The van der Waals surface area contributed by atoms with Crippen LogP contribution in [0.3, 0.4) is 0 Å². The fourth-order valence-corrected chi connectivity index (χ4v) is 7.31. The van der Waals surface area contributed by atoms with Crippen molar-refractivity contribution in [3.05, 3.63) is 59.7 Å². The SMILES string of the molecule is O=C(CC12CC3CC(C1)CC(CC(=O)Nc1ccc(F)cc1F)(C3)C2)Nc1ccc(F)cc1F. The van der Waals surface area contributed by atoms with Crippen molar-refractivity contribution < 1.29 is 27.2 Å². The number of halogens is 4. The van der Waals surface area contributed by atoms with Gasteiger partial charge in [0, 0.05) is 25.0 Å². The van der Waals surface area contributed by atoms with Crippen LogP contribution < -0.4 is 10.6 Å². The summed E-state index contributed by atoms with van der Waals surface area (Å²) in [5, 5.41) is 5.15. The zero-order valence-corrected chi connectivity index (χ0v) is 18.6. The molecule has 0 aliphatic heterocycles. The molecule has 0 aromatic heterocycles. The van der Waals surface area contributed by atoms with Gasteiger partial charge in [-0.3, -0.25) is 9.59 Å². The second-order valence-corrected chi connectivity index (χ2v) is 10.7. The van der Waals surface area contributed by atoms with Gasteiger partial charge in [0.15, 0.2) is 0 Å². The van der Waals surface area contributed by atoms with E-state index in [1.165, 1.54) is 12.1 Å². The Balaban J connectivity index is 1.28. The molecule has 4 nitrogen and oxygen atoms in total. The van der Waals surface area contributed by atoms with Crippen LogP contribution in [-0.4, -0.2) is 11.8 Å². The summed E-state index contributed by atoms with van der Waals surface area (Å²) in [5.74, 6) is -2.88. The van der Waals surface area contributed by atoms with Gasteiger partial charge in [-0.2, -0.15) is 0 Å². The number of nitrogens with one attached hydrogen (secondary N) is 2. The van der Waals surface area contributed by atoms with Gasteiger partial charge in [0.2, 0.25) is 11.8 Å². The highest BCUT2D eigenvalue weighted by Crippen LogP contribution is 2.67. The zero-order valence-electron chi connectivity index (χ0n) is 18.6. The van der Waals surface area contributed by atoms with Gasteiger partial charge in [-0.05, 0) is 85.5 Å². The molecule has 0 spiro atoms. The summed E-state index contributed by atoms with van der Waals surface area (Å²) in [6.07, 6.45) is 5.76. The monoisotopic (exact) mass is 474 g/mol. The molecule has 0 radical (unpaired) electrons. The molecule has 0 saturated heterocycles. The molecule has 0 unspecified atom stereocenters. The third kappa shape index (κ3) is 4.55. The van der Waals surface area contributed by atoms with Crippen molar-refractivity contribution in [3.63, 3.8) is 0 Å². The molecule has 8 heteroatoms. The molecule has 2 aromatic carbocycles. The molecule has 2 amide bonds. The number of anilines is 2. The van der Waals surface area contributed by atoms with E-state index in [-0.39, 0.29) is 46.9 Å². The second-order valence-electron chi connectivity index (χ2n) is 10.7. The second kappa shape index (κ2) is 8.40. The van der Waals surface area contributed by atoms with Gasteiger partial charge in [-0.15, -0.1) is 0 Å². The third-order valence-electron chi connectivity index (χ3n) is 7.78. The Bertz CT molecular complexity index is 1050. The van der Waals surface area contributed by atoms with Crippen LogP contribution in [0, 0.1) is 45.9 Å². The lowest BCUT2D eigenvalue weighted by Crippen LogP contribution is -2.53. The van der Waals surface area contributed by atoms with E-state index < -0.39 is 23.3 Å². The van der Waals surface area contributed by atoms with Crippen molar-refractivity contribution in [1.82, 2.24) is 0 Å². The van der Waals surface area contributed by atoms with Crippen molar-refractivity contribution in [2.24, 2.45) is 22.7 Å². The Hall–Kier alpha value is -2.90. The topological polar surface area (TPSA) is 58.2 Å². The molecule has 34 heavy (non-hydrogen) atoms. The van der Waals surface area contributed by atoms with E-state index >= 15 is 0 Å². The van der Waals surface area contributed by atoms with Crippen molar-refractivity contribution in [1.29, 1.82) is 0 Å². The highest BCUT2D eigenvalue weighted by molar-refractivity contribution is 5.92. The van der Waals surface area contributed by atoms with Gasteiger partial charge in [0.25, 0.3) is 0 Å². The van der Waals surface area contributed by atoms with Crippen molar-refractivity contribution in [3.8, 4) is 0 Å². The van der Waals surface area contributed by atoms with Crippen molar-refractivity contribution in [2.45, 2.75) is 51.4 Å². The standard InChI is InChI=1S/C26H26F4N2O2/c27-17-1-3-21(19(29)6-17)31-23(33)12-25-8-15-5-16(9-25)11-26(10-15,14-25)13-24(34)32-22-4-2-18(28)7-20(22)30/h1-4,6-7,15-16H,5,8-14H2,(H,31,33)(H,32,34). The predicted octanol–water partition coefficient (Wildman–Crippen LogP) is 6.19. The van der Waals surface area contributed by atoms with Gasteiger partial charge in [-0.1, -0.05) is 0 Å². The smallest absolute Gasteiger partial charge is 0.225 e. The van der Waals surface area contributed by atoms with E-state index in [9.17, 15) is 27.2 Å². The summed E-state index contributed by atoms with van der Waals surface area (Å²) < 4.78 is 54.3. The van der Waals surface area contributed by atoms with E-state index in [0.29, 0.717) is 18.3 Å². The number of hydrogen-bond acceptors (Lipinski definition) is 2. The van der Waals surface area contributed by atoms with E-state index in [1.807, 2.05) is 0 Å². The van der Waals surface area contributed by atoms with Gasteiger partial charge < -0.3 is 10.6 Å². The summed E-state index contributed by atoms with van der Waals surface area (Å²) in [7, 11) is 0. The Morgan fingerprint density at radius 2 is 1.15 bits per heavy atom. The number of rotatable bonds is 6. The number of benzene rings is 2. The van der Waals surface area contributed by atoms with Gasteiger partial charge in [0.1, 0.15) is 23.3 Å². The first-order valence-electron chi connectivity index (χ1n) is 11.6. The molecule has 6 rings (SSSR count). The van der Waals surface area contributed by atoms with Gasteiger partial charge >= 0.3 is 0 Å². The highest BCUT2D eigenvalue weighted by atomic mass is 19.1. The molecule has 4 bridgehead atoms. The quantitative estimate of drug-likeness (QED) is 0.491. The molecule has 4 fully saturated rings. The van der Waals surface area contributed by atoms with Gasteiger partial charge in [-0.25, -0.2) is 17.6 Å². The Morgan fingerprint density at radius 3 is 1.53 bits per heavy atom. The van der Waals surface area contributed by atoms with Crippen LogP contribution in [0.4, 0.5) is 28.9 Å². The molecule has 4 aliphatic carbocycles. The number of amides is 2. The largest absolute Gasteiger partial charge is 0.324 e. The maximum atomic E-state index is 14.0. The molecule has 0 heterocycles. The first-order valence-corrected chi connectivity index (χ1v) is 11.6. The van der Waals surface area contributed by atoms with Crippen LogP contribution in [0.2, 0.25) is 0 Å². The minimum Gasteiger partial charge on any atom is -0.324 e. The average molecular weight is 474 g/mol. The summed E-state index contributed by atoms with van der Waals surface area (Å²) in [6, 6.07) is 6.09. The lowest BCUT2D eigenvalue weighted by atomic mass is 9.43.